The fourth-order valence-electron chi connectivity index (χ4n) is 2.03. The van der Waals surface area contributed by atoms with Crippen molar-refractivity contribution < 1.29 is 13.2 Å². The van der Waals surface area contributed by atoms with Crippen molar-refractivity contribution in [1.29, 1.82) is 0 Å². The van der Waals surface area contributed by atoms with Gasteiger partial charge in [0.05, 0.1) is 16.6 Å². The first-order valence-electron chi connectivity index (χ1n) is 5.44. The number of para-hydroxylation sites is 1. The first-order chi connectivity index (χ1) is 8.12. The molecule has 1 heterocycles. The van der Waals surface area contributed by atoms with Gasteiger partial charge < -0.3 is 4.98 Å². The van der Waals surface area contributed by atoms with Crippen molar-refractivity contribution in [2.24, 2.45) is 0 Å². The van der Waals surface area contributed by atoms with E-state index in [0.717, 1.165) is 10.6 Å². The molecule has 0 saturated heterocycles. The number of nitrogens with one attached hydrogen (secondary N) is 1. The summed E-state index contributed by atoms with van der Waals surface area (Å²) in [6.07, 6.45) is -4.48. The third kappa shape index (κ3) is 1.91. The minimum Gasteiger partial charge on any atom is -0.306 e. The van der Waals surface area contributed by atoms with Gasteiger partial charge in [-0.25, -0.2) is 4.79 Å². The average molecular weight is 258 g/mol. The molecule has 0 aliphatic rings. The van der Waals surface area contributed by atoms with Crippen LogP contribution in [0.15, 0.2) is 23.0 Å². The van der Waals surface area contributed by atoms with Crippen LogP contribution in [0.5, 0.6) is 0 Å². The largest absolute Gasteiger partial charge is 0.418 e. The van der Waals surface area contributed by atoms with Gasteiger partial charge in [0.25, 0.3) is 0 Å². The van der Waals surface area contributed by atoms with Crippen LogP contribution in [0.25, 0.3) is 11.0 Å². The summed E-state index contributed by atoms with van der Waals surface area (Å²) in [5.74, 6) is 0. The van der Waals surface area contributed by atoms with Crippen LogP contribution in [-0.4, -0.2) is 9.55 Å². The lowest BCUT2D eigenvalue weighted by atomic mass is 10.1. The maximum Gasteiger partial charge on any atom is 0.418 e. The van der Waals surface area contributed by atoms with E-state index in [9.17, 15) is 18.0 Å². The van der Waals surface area contributed by atoms with Gasteiger partial charge in [-0.1, -0.05) is 6.07 Å². The number of H-pyrrole nitrogens is 1. The van der Waals surface area contributed by atoms with Crippen molar-refractivity contribution in [3.63, 3.8) is 0 Å². The van der Waals surface area contributed by atoms with E-state index in [-0.39, 0.29) is 11.0 Å². The van der Waals surface area contributed by atoms with Crippen molar-refractivity contribution in [1.82, 2.24) is 9.55 Å². The molecule has 98 valence electrons. The minimum atomic E-state index is -4.48. The number of nitrogens with zero attached hydrogens (tertiary/aromatic N) is 1. The molecule has 18 heavy (non-hydrogen) atoms. The Bertz CT molecular complexity index is 644. The van der Waals surface area contributed by atoms with Gasteiger partial charge in [0.15, 0.2) is 0 Å². The van der Waals surface area contributed by atoms with Crippen molar-refractivity contribution in [2.45, 2.75) is 32.5 Å². The van der Waals surface area contributed by atoms with E-state index >= 15 is 0 Å². The third-order valence-electron chi connectivity index (χ3n) is 2.68. The van der Waals surface area contributed by atoms with E-state index < -0.39 is 23.0 Å². The Labute approximate surface area is 101 Å². The monoisotopic (exact) mass is 258 g/mol. The highest BCUT2D eigenvalue weighted by atomic mass is 19.4. The van der Waals surface area contributed by atoms with E-state index in [2.05, 4.69) is 4.98 Å². The zero-order valence-electron chi connectivity index (χ0n) is 10.2. The summed E-state index contributed by atoms with van der Waals surface area (Å²) in [6.45, 7) is 5.07. The zero-order chi connectivity index (χ0) is 13.7. The molecule has 1 aromatic carbocycles. The molecule has 2 aromatic rings. The van der Waals surface area contributed by atoms with Crippen LogP contribution in [0.1, 0.15) is 26.3 Å². The summed E-state index contributed by atoms with van der Waals surface area (Å²) in [5, 5.41) is 0. The highest BCUT2D eigenvalue weighted by Gasteiger charge is 2.35. The molecular weight excluding hydrogens is 245 g/mol. The second kappa shape index (κ2) is 3.63. The van der Waals surface area contributed by atoms with Gasteiger partial charge in [-0.2, -0.15) is 13.2 Å². The smallest absolute Gasteiger partial charge is 0.306 e. The molecule has 0 radical (unpaired) electrons. The van der Waals surface area contributed by atoms with Crippen LogP contribution in [-0.2, 0) is 11.7 Å². The van der Waals surface area contributed by atoms with Crippen LogP contribution in [0.3, 0.4) is 0 Å². The second-order valence-corrected chi connectivity index (χ2v) is 5.14. The molecule has 0 aliphatic carbocycles. The van der Waals surface area contributed by atoms with Crippen LogP contribution in [0.2, 0.25) is 0 Å². The van der Waals surface area contributed by atoms with Crippen molar-refractivity contribution in [3.8, 4) is 0 Å². The van der Waals surface area contributed by atoms with Crippen molar-refractivity contribution in [2.75, 3.05) is 0 Å². The Hall–Kier alpha value is -1.72. The second-order valence-electron chi connectivity index (χ2n) is 5.14. The number of aromatic amines is 1. The summed E-state index contributed by atoms with van der Waals surface area (Å²) in [4.78, 5) is 14.3. The maximum absolute atomic E-state index is 13.0. The van der Waals surface area contributed by atoms with Gasteiger partial charge in [0.2, 0.25) is 0 Å². The lowest BCUT2D eigenvalue weighted by molar-refractivity contribution is -0.136. The number of alkyl halides is 3. The van der Waals surface area contributed by atoms with E-state index in [1.54, 1.807) is 20.8 Å². The highest BCUT2D eigenvalue weighted by Crippen LogP contribution is 2.35. The highest BCUT2D eigenvalue weighted by molar-refractivity contribution is 5.80. The van der Waals surface area contributed by atoms with Gasteiger partial charge in [-0.3, -0.25) is 4.57 Å². The lowest BCUT2D eigenvalue weighted by Gasteiger charge is -2.22. The Morgan fingerprint density at radius 3 is 2.28 bits per heavy atom. The Balaban J connectivity index is 2.96. The first-order valence-corrected chi connectivity index (χ1v) is 5.44. The Kier molecular flexibility index (Phi) is 2.57. The van der Waals surface area contributed by atoms with Crippen molar-refractivity contribution >= 4 is 11.0 Å². The SMILES string of the molecule is CC(C)(C)n1c(=O)[nH]c2cccc(C(F)(F)F)c21. The molecule has 0 fully saturated rings. The summed E-state index contributed by atoms with van der Waals surface area (Å²) >= 11 is 0. The number of rotatable bonds is 0. The molecule has 0 aliphatic heterocycles. The van der Waals surface area contributed by atoms with Gasteiger partial charge >= 0.3 is 11.9 Å². The Morgan fingerprint density at radius 1 is 1.17 bits per heavy atom. The van der Waals surface area contributed by atoms with Crippen LogP contribution >= 0.6 is 0 Å². The molecule has 2 rings (SSSR count). The minimum absolute atomic E-state index is 0.0949. The van der Waals surface area contributed by atoms with Gasteiger partial charge in [0, 0.05) is 5.54 Å². The topological polar surface area (TPSA) is 37.8 Å². The van der Waals surface area contributed by atoms with Crippen LogP contribution in [0.4, 0.5) is 13.2 Å². The molecule has 0 bridgehead atoms. The predicted molar refractivity (Wildman–Crippen MR) is 62.6 cm³/mol. The number of halogens is 3. The van der Waals surface area contributed by atoms with Crippen LogP contribution in [0, 0.1) is 0 Å². The molecule has 0 unspecified atom stereocenters. The third-order valence-corrected chi connectivity index (χ3v) is 2.68. The van der Waals surface area contributed by atoms with Crippen LogP contribution < -0.4 is 5.69 Å². The number of imidazole rings is 1. The lowest BCUT2D eigenvalue weighted by Crippen LogP contribution is -2.32. The van der Waals surface area contributed by atoms with Gasteiger partial charge in [-0.15, -0.1) is 0 Å². The molecule has 1 aromatic heterocycles. The number of hydrogen-bond acceptors (Lipinski definition) is 1. The molecule has 0 spiro atoms. The standard InChI is InChI=1S/C12H13F3N2O/c1-11(2,3)17-9-7(12(13,14)15)5-4-6-8(9)16-10(17)18/h4-6H,1-3H3,(H,16,18). The zero-order valence-corrected chi connectivity index (χ0v) is 10.2. The number of fused-ring (bicyclic) bond motifs is 1. The quantitative estimate of drug-likeness (QED) is 0.774. The predicted octanol–water partition coefficient (Wildman–Crippen LogP) is 3.10. The van der Waals surface area contributed by atoms with E-state index in [1.807, 2.05) is 0 Å². The summed E-state index contributed by atoms with van der Waals surface area (Å²) < 4.78 is 40.0. The number of benzene rings is 1. The normalized spacial score (nSPS) is 13.2. The average Bonchev–Trinajstić information content (AvgIpc) is 2.50. The molecule has 0 atom stereocenters. The molecule has 0 amide bonds. The summed E-state index contributed by atoms with van der Waals surface area (Å²) in [6, 6.07) is 3.74. The Morgan fingerprint density at radius 2 is 1.78 bits per heavy atom. The first kappa shape index (κ1) is 12.7. The fourth-order valence-corrected chi connectivity index (χ4v) is 2.03. The number of hydrogen-bond donors (Lipinski definition) is 1. The van der Waals surface area contributed by atoms with E-state index in [1.165, 1.54) is 12.1 Å². The van der Waals surface area contributed by atoms with Gasteiger partial charge in [0.1, 0.15) is 0 Å². The molecule has 0 saturated carbocycles. The summed E-state index contributed by atoms with van der Waals surface area (Å²) in [7, 11) is 0. The maximum atomic E-state index is 13.0. The van der Waals surface area contributed by atoms with E-state index in [0.29, 0.717) is 0 Å². The number of aromatic nitrogens is 2. The molecule has 3 nitrogen and oxygen atoms in total. The summed E-state index contributed by atoms with van der Waals surface area (Å²) in [5.41, 5.74) is -1.95. The van der Waals surface area contributed by atoms with E-state index in [4.69, 9.17) is 0 Å². The van der Waals surface area contributed by atoms with Crippen molar-refractivity contribution in [3.05, 3.63) is 34.2 Å². The molecule has 6 heteroatoms. The fraction of sp³-hybridized carbons (Fsp3) is 0.417. The molecule has 1 N–H and O–H groups in total. The molecular formula is C12H13F3N2O. The van der Waals surface area contributed by atoms with Gasteiger partial charge in [-0.05, 0) is 32.9 Å².